The number of aliphatic hydroxyl groups is 10. The number of hydrogen-bond acceptors (Lipinski definition) is 11. The SMILES string of the molecule is CC#C/C=C/N(C(O)(O)C(O)(O)O)C(O)(O)C(O)(O)O. The molecule has 11 nitrogen and oxygen atoms in total. The molecular formula is C9H15NO10. The summed E-state index contributed by atoms with van der Waals surface area (Å²) in [6, 6.07) is 0. The average Bonchev–Trinajstić information content (AvgIpc) is 2.20. The molecule has 0 saturated carbocycles. The van der Waals surface area contributed by atoms with Crippen molar-refractivity contribution >= 4 is 0 Å². The smallest absolute Gasteiger partial charge is 0.342 e. The maximum atomic E-state index is 9.29. The van der Waals surface area contributed by atoms with Crippen LogP contribution < -0.4 is 0 Å². The summed E-state index contributed by atoms with van der Waals surface area (Å²) < 4.78 is 0. The lowest BCUT2D eigenvalue weighted by atomic mass is 10.2. The van der Waals surface area contributed by atoms with Gasteiger partial charge in [0.05, 0.1) is 0 Å². The van der Waals surface area contributed by atoms with Crippen molar-refractivity contribution in [2.75, 3.05) is 0 Å². The summed E-state index contributed by atoms with van der Waals surface area (Å²) >= 11 is 0. The second-order valence-corrected chi connectivity index (χ2v) is 3.62. The van der Waals surface area contributed by atoms with E-state index in [1.54, 1.807) is 0 Å². The summed E-state index contributed by atoms with van der Waals surface area (Å²) in [5, 5.41) is 89.6. The molecule has 0 radical (unpaired) electrons. The van der Waals surface area contributed by atoms with E-state index < -0.39 is 28.7 Å². The molecule has 20 heavy (non-hydrogen) atoms. The minimum absolute atomic E-state index is 0.214. The van der Waals surface area contributed by atoms with Crippen LogP contribution in [0.5, 0.6) is 0 Å². The van der Waals surface area contributed by atoms with Crippen LogP contribution >= 0.6 is 0 Å². The highest BCUT2D eigenvalue weighted by Gasteiger charge is 2.63. The molecular weight excluding hydrogens is 282 g/mol. The molecule has 0 amide bonds. The quantitative estimate of drug-likeness (QED) is 0.171. The fraction of sp³-hybridized carbons (Fsp3) is 0.556. The standard InChI is InChI=1S/C9H15NO10/c1-2-3-4-5-10(6(11,12)8(15,16)17)7(13,14)9(18,19)20/h4-5,11-20H,1H3/b5-4+. The van der Waals surface area contributed by atoms with E-state index >= 15 is 0 Å². The Kier molecular flexibility index (Phi) is 5.23. The first-order chi connectivity index (χ1) is 8.69. The first-order valence-corrected chi connectivity index (χ1v) is 4.81. The van der Waals surface area contributed by atoms with Gasteiger partial charge in [0.15, 0.2) is 0 Å². The third kappa shape index (κ3) is 3.62. The third-order valence-electron chi connectivity index (χ3n) is 2.02. The molecule has 0 aromatic carbocycles. The van der Waals surface area contributed by atoms with E-state index in [0.717, 1.165) is 0 Å². The van der Waals surface area contributed by atoms with Crippen LogP contribution in [0.3, 0.4) is 0 Å². The molecule has 0 unspecified atom stereocenters. The van der Waals surface area contributed by atoms with Crippen LogP contribution in [0, 0.1) is 11.8 Å². The van der Waals surface area contributed by atoms with Crippen molar-refractivity contribution in [2.45, 2.75) is 30.7 Å². The van der Waals surface area contributed by atoms with Gasteiger partial charge in [-0.1, -0.05) is 5.92 Å². The largest absolute Gasteiger partial charge is 0.355 e. The van der Waals surface area contributed by atoms with Gasteiger partial charge in [0.25, 0.3) is 0 Å². The normalized spacial score (nSPS) is 14.2. The number of rotatable bonds is 5. The zero-order valence-corrected chi connectivity index (χ0v) is 10.1. The van der Waals surface area contributed by atoms with Gasteiger partial charge in [-0.3, -0.25) is 4.90 Å². The Labute approximate surface area is 112 Å². The second-order valence-electron chi connectivity index (χ2n) is 3.62. The molecule has 0 heterocycles. The minimum Gasteiger partial charge on any atom is -0.342 e. The van der Waals surface area contributed by atoms with Crippen LogP contribution in [0.1, 0.15) is 6.92 Å². The van der Waals surface area contributed by atoms with Crippen molar-refractivity contribution in [3.63, 3.8) is 0 Å². The fourth-order valence-corrected chi connectivity index (χ4v) is 0.944. The molecule has 0 aliphatic heterocycles. The van der Waals surface area contributed by atoms with Crippen molar-refractivity contribution in [3.8, 4) is 11.8 Å². The Morgan fingerprint density at radius 2 is 1.10 bits per heavy atom. The van der Waals surface area contributed by atoms with Gasteiger partial charge >= 0.3 is 23.8 Å². The molecule has 10 N–H and O–H groups in total. The predicted molar refractivity (Wildman–Crippen MR) is 57.5 cm³/mol. The summed E-state index contributed by atoms with van der Waals surface area (Å²) in [6.45, 7) is 1.33. The Morgan fingerprint density at radius 3 is 1.35 bits per heavy atom. The van der Waals surface area contributed by atoms with Crippen molar-refractivity contribution in [2.24, 2.45) is 0 Å². The zero-order chi connectivity index (χ0) is 16.4. The topological polar surface area (TPSA) is 206 Å². The first kappa shape index (κ1) is 18.7. The Morgan fingerprint density at radius 1 is 0.750 bits per heavy atom. The molecule has 0 spiro atoms. The highest BCUT2D eigenvalue weighted by Crippen LogP contribution is 2.30. The van der Waals surface area contributed by atoms with E-state index in [1.165, 1.54) is 6.92 Å². The Hall–Kier alpha value is -1.30. The highest BCUT2D eigenvalue weighted by atomic mass is 16.8. The summed E-state index contributed by atoms with van der Waals surface area (Å²) in [5.41, 5.74) is 0. The zero-order valence-electron chi connectivity index (χ0n) is 10.1. The van der Waals surface area contributed by atoms with Crippen molar-refractivity contribution < 1.29 is 51.1 Å². The van der Waals surface area contributed by atoms with E-state index in [1.807, 2.05) is 0 Å². The van der Waals surface area contributed by atoms with Gasteiger partial charge in [-0.2, -0.15) is 0 Å². The summed E-state index contributed by atoms with van der Waals surface area (Å²) in [4.78, 5) is -0.787. The monoisotopic (exact) mass is 297 g/mol. The minimum atomic E-state index is -4.38. The van der Waals surface area contributed by atoms with E-state index in [9.17, 15) is 20.4 Å². The Balaban J connectivity index is 5.92. The lowest BCUT2D eigenvalue weighted by Crippen LogP contribution is -2.75. The van der Waals surface area contributed by atoms with Gasteiger partial charge in [0.1, 0.15) is 0 Å². The molecule has 0 atom stereocenters. The third-order valence-corrected chi connectivity index (χ3v) is 2.02. The molecule has 0 bridgehead atoms. The van der Waals surface area contributed by atoms with Gasteiger partial charge < -0.3 is 51.1 Å². The molecule has 116 valence electrons. The second kappa shape index (κ2) is 5.60. The van der Waals surface area contributed by atoms with Crippen LogP contribution in [-0.2, 0) is 0 Å². The highest BCUT2D eigenvalue weighted by molar-refractivity contribution is 5.14. The lowest BCUT2D eigenvalue weighted by molar-refractivity contribution is -0.554. The van der Waals surface area contributed by atoms with Gasteiger partial charge in [-0.15, -0.1) is 5.92 Å². The van der Waals surface area contributed by atoms with Gasteiger partial charge in [0, 0.05) is 12.3 Å². The van der Waals surface area contributed by atoms with E-state index in [4.69, 9.17) is 30.6 Å². The van der Waals surface area contributed by atoms with Gasteiger partial charge in [-0.25, -0.2) is 0 Å². The molecule has 0 saturated heterocycles. The fourth-order valence-electron chi connectivity index (χ4n) is 0.944. The first-order valence-electron chi connectivity index (χ1n) is 4.81. The molecule has 0 aromatic rings. The maximum Gasteiger partial charge on any atom is 0.355 e. The molecule has 0 aromatic heterocycles. The van der Waals surface area contributed by atoms with Crippen LogP contribution in [0.25, 0.3) is 0 Å². The Bertz CT molecular complexity index is 393. The van der Waals surface area contributed by atoms with Crippen molar-refractivity contribution in [3.05, 3.63) is 12.3 Å². The van der Waals surface area contributed by atoms with Crippen molar-refractivity contribution in [1.29, 1.82) is 0 Å². The molecule has 11 heteroatoms. The molecule has 0 fully saturated rings. The van der Waals surface area contributed by atoms with Gasteiger partial charge in [-0.05, 0) is 6.92 Å². The van der Waals surface area contributed by atoms with Crippen LogP contribution in [0.2, 0.25) is 0 Å². The molecule has 0 aliphatic rings. The van der Waals surface area contributed by atoms with Crippen LogP contribution in [-0.4, -0.2) is 79.7 Å². The average molecular weight is 297 g/mol. The summed E-state index contributed by atoms with van der Waals surface area (Å²) in [6.07, 6.45) is 0.880. The number of nitrogens with zero attached hydrogens (tertiary/aromatic N) is 1. The van der Waals surface area contributed by atoms with Crippen LogP contribution in [0.15, 0.2) is 12.3 Å². The summed E-state index contributed by atoms with van der Waals surface area (Å²) in [5.74, 6) is -13.0. The van der Waals surface area contributed by atoms with Gasteiger partial charge in [0.2, 0.25) is 0 Å². The van der Waals surface area contributed by atoms with E-state index in [2.05, 4.69) is 11.8 Å². The molecule has 0 rings (SSSR count). The van der Waals surface area contributed by atoms with E-state index in [-0.39, 0.29) is 6.20 Å². The predicted octanol–water partition coefficient (Wildman–Crippen LogP) is -5.64. The number of hydrogen-bond donors (Lipinski definition) is 10. The lowest BCUT2D eigenvalue weighted by Gasteiger charge is -2.46. The molecule has 0 aliphatic carbocycles. The van der Waals surface area contributed by atoms with E-state index in [0.29, 0.717) is 6.08 Å². The number of allylic oxidation sites excluding steroid dienone is 1. The van der Waals surface area contributed by atoms with Crippen molar-refractivity contribution in [1.82, 2.24) is 4.90 Å². The summed E-state index contributed by atoms with van der Waals surface area (Å²) in [7, 11) is 0. The van der Waals surface area contributed by atoms with Crippen LogP contribution in [0.4, 0.5) is 0 Å². The maximum absolute atomic E-state index is 9.29.